The molecule has 1 amide bonds. The molecule has 2 aromatic carbocycles. The highest BCUT2D eigenvalue weighted by atomic mass is 16.2. The molecule has 28 heavy (non-hydrogen) atoms. The largest absolute Gasteiger partial charge is 0.365 e. The van der Waals surface area contributed by atoms with Crippen LogP contribution in [0.5, 0.6) is 0 Å². The lowest BCUT2D eigenvalue weighted by Gasteiger charge is -2.34. The number of likely N-dealkylation sites (N-methyl/N-ethyl adjacent to an activating group) is 2. The molecule has 0 aromatic heterocycles. The summed E-state index contributed by atoms with van der Waals surface area (Å²) in [6.45, 7) is 9.73. The summed E-state index contributed by atoms with van der Waals surface area (Å²) in [5.74, 6) is 0.0396. The lowest BCUT2D eigenvalue weighted by molar-refractivity contribution is -0.119. The van der Waals surface area contributed by atoms with Gasteiger partial charge in [-0.05, 0) is 29.8 Å². The van der Waals surface area contributed by atoms with Gasteiger partial charge in [0.1, 0.15) is 0 Å². The van der Waals surface area contributed by atoms with Gasteiger partial charge in [0.25, 0.3) is 0 Å². The van der Waals surface area contributed by atoms with Crippen molar-refractivity contribution in [3.63, 3.8) is 0 Å². The Kier molecular flexibility index (Phi) is 7.46. The van der Waals surface area contributed by atoms with Gasteiger partial charge in [-0.25, -0.2) is 0 Å². The third-order valence-corrected chi connectivity index (χ3v) is 5.48. The first kappa shape index (κ1) is 20.4. The molecule has 1 heterocycles. The van der Waals surface area contributed by atoms with Gasteiger partial charge in [0.15, 0.2) is 0 Å². The summed E-state index contributed by atoms with van der Waals surface area (Å²) in [5.41, 5.74) is 3.56. The molecule has 1 aliphatic heterocycles. The maximum absolute atomic E-state index is 12.4. The van der Waals surface area contributed by atoms with Crippen LogP contribution < -0.4 is 10.2 Å². The van der Waals surface area contributed by atoms with E-state index in [1.54, 1.807) is 0 Å². The van der Waals surface area contributed by atoms with Crippen molar-refractivity contribution >= 4 is 11.6 Å². The van der Waals surface area contributed by atoms with Crippen molar-refractivity contribution < 1.29 is 4.79 Å². The summed E-state index contributed by atoms with van der Waals surface area (Å²) in [6, 6.07) is 18.4. The fourth-order valence-electron chi connectivity index (χ4n) is 3.63. The highest BCUT2D eigenvalue weighted by Crippen LogP contribution is 2.14. The van der Waals surface area contributed by atoms with E-state index in [-0.39, 0.29) is 5.91 Å². The standard InChI is InChI=1S/C23H32N4O/c1-3-26-13-15-27(16-14-26)18-21-10-8-7-9-20(21)17-24-23(28)19-25(2)22-11-5-4-6-12-22/h4-12H,3,13-19H2,1-2H3,(H,24,28). The molecular weight excluding hydrogens is 348 g/mol. The zero-order chi connectivity index (χ0) is 19.8. The molecular formula is C23H32N4O. The molecule has 0 saturated carbocycles. The first-order valence-corrected chi connectivity index (χ1v) is 10.2. The number of nitrogens with zero attached hydrogens (tertiary/aromatic N) is 3. The molecule has 1 fully saturated rings. The van der Waals surface area contributed by atoms with Crippen molar-refractivity contribution in [1.29, 1.82) is 0 Å². The average Bonchev–Trinajstić information content (AvgIpc) is 2.74. The minimum atomic E-state index is 0.0396. The van der Waals surface area contributed by atoms with Crippen molar-refractivity contribution in [2.75, 3.05) is 51.2 Å². The maximum Gasteiger partial charge on any atom is 0.239 e. The molecule has 3 rings (SSSR count). The number of carbonyl (C=O) groups is 1. The topological polar surface area (TPSA) is 38.8 Å². The van der Waals surface area contributed by atoms with E-state index in [1.165, 1.54) is 11.1 Å². The third kappa shape index (κ3) is 5.81. The second-order valence-corrected chi connectivity index (χ2v) is 7.45. The summed E-state index contributed by atoms with van der Waals surface area (Å²) >= 11 is 0. The van der Waals surface area contributed by atoms with Crippen LogP contribution in [0.4, 0.5) is 5.69 Å². The van der Waals surface area contributed by atoms with Crippen LogP contribution in [0, 0.1) is 0 Å². The van der Waals surface area contributed by atoms with Gasteiger partial charge < -0.3 is 15.1 Å². The number of piperazine rings is 1. The number of rotatable bonds is 8. The number of para-hydroxylation sites is 1. The molecule has 0 unspecified atom stereocenters. The molecule has 1 N–H and O–H groups in total. The van der Waals surface area contributed by atoms with E-state index in [9.17, 15) is 4.79 Å². The van der Waals surface area contributed by atoms with E-state index in [2.05, 4.69) is 46.3 Å². The molecule has 150 valence electrons. The van der Waals surface area contributed by atoms with Crippen molar-refractivity contribution in [2.24, 2.45) is 0 Å². The zero-order valence-corrected chi connectivity index (χ0v) is 17.1. The smallest absolute Gasteiger partial charge is 0.239 e. The van der Waals surface area contributed by atoms with Crippen LogP contribution in [0.15, 0.2) is 54.6 Å². The Morgan fingerprint density at radius 3 is 2.21 bits per heavy atom. The van der Waals surface area contributed by atoms with Crippen molar-refractivity contribution in [2.45, 2.75) is 20.0 Å². The Morgan fingerprint density at radius 1 is 0.929 bits per heavy atom. The Balaban J connectivity index is 1.51. The Labute approximate surface area is 168 Å². The molecule has 5 heteroatoms. The third-order valence-electron chi connectivity index (χ3n) is 5.48. The quantitative estimate of drug-likeness (QED) is 0.764. The Bertz CT molecular complexity index is 741. The van der Waals surface area contributed by atoms with Gasteiger partial charge >= 0.3 is 0 Å². The van der Waals surface area contributed by atoms with Gasteiger partial charge in [0, 0.05) is 52.0 Å². The fourth-order valence-corrected chi connectivity index (χ4v) is 3.63. The molecule has 0 bridgehead atoms. The number of hydrogen-bond donors (Lipinski definition) is 1. The lowest BCUT2D eigenvalue weighted by Crippen LogP contribution is -2.45. The summed E-state index contributed by atoms with van der Waals surface area (Å²) in [5, 5.41) is 3.09. The van der Waals surface area contributed by atoms with Gasteiger partial charge in [-0.2, -0.15) is 0 Å². The maximum atomic E-state index is 12.4. The predicted molar refractivity (Wildman–Crippen MR) is 115 cm³/mol. The minimum absolute atomic E-state index is 0.0396. The molecule has 2 aromatic rings. The minimum Gasteiger partial charge on any atom is -0.365 e. The number of hydrogen-bond acceptors (Lipinski definition) is 4. The second-order valence-electron chi connectivity index (χ2n) is 7.45. The van der Waals surface area contributed by atoms with E-state index < -0.39 is 0 Å². The molecule has 0 radical (unpaired) electrons. The number of amides is 1. The monoisotopic (exact) mass is 380 g/mol. The van der Waals surface area contributed by atoms with Crippen LogP contribution in [0.2, 0.25) is 0 Å². The van der Waals surface area contributed by atoms with Crippen LogP contribution in [0.3, 0.4) is 0 Å². The van der Waals surface area contributed by atoms with Crippen LogP contribution in [0.1, 0.15) is 18.1 Å². The first-order valence-electron chi connectivity index (χ1n) is 10.2. The van der Waals surface area contributed by atoms with Crippen LogP contribution >= 0.6 is 0 Å². The van der Waals surface area contributed by atoms with Crippen LogP contribution in [-0.2, 0) is 17.9 Å². The first-order chi connectivity index (χ1) is 13.7. The normalized spacial score (nSPS) is 15.4. The molecule has 0 spiro atoms. The SMILES string of the molecule is CCN1CCN(Cc2ccccc2CNC(=O)CN(C)c2ccccc2)CC1. The fraction of sp³-hybridized carbons (Fsp3) is 0.435. The number of anilines is 1. The van der Waals surface area contributed by atoms with Crippen LogP contribution in [-0.4, -0.2) is 62.0 Å². The highest BCUT2D eigenvalue weighted by Gasteiger charge is 2.16. The van der Waals surface area contributed by atoms with E-state index in [0.29, 0.717) is 13.1 Å². The number of nitrogens with one attached hydrogen (secondary N) is 1. The zero-order valence-electron chi connectivity index (χ0n) is 17.1. The second kappa shape index (κ2) is 10.2. The van der Waals surface area contributed by atoms with Crippen molar-refractivity contribution in [3.05, 3.63) is 65.7 Å². The summed E-state index contributed by atoms with van der Waals surface area (Å²) < 4.78 is 0. The summed E-state index contributed by atoms with van der Waals surface area (Å²) in [7, 11) is 1.94. The molecule has 1 saturated heterocycles. The molecule has 0 aliphatic carbocycles. The average molecular weight is 381 g/mol. The molecule has 0 atom stereocenters. The predicted octanol–water partition coefficient (Wildman–Crippen LogP) is 2.58. The number of benzene rings is 2. The molecule has 1 aliphatic rings. The van der Waals surface area contributed by atoms with E-state index >= 15 is 0 Å². The van der Waals surface area contributed by atoms with Gasteiger partial charge in [-0.1, -0.05) is 49.4 Å². The van der Waals surface area contributed by atoms with E-state index in [1.807, 2.05) is 42.3 Å². The molecule has 5 nitrogen and oxygen atoms in total. The number of carbonyl (C=O) groups excluding carboxylic acids is 1. The summed E-state index contributed by atoms with van der Waals surface area (Å²) in [6.07, 6.45) is 0. The van der Waals surface area contributed by atoms with Crippen LogP contribution in [0.25, 0.3) is 0 Å². The van der Waals surface area contributed by atoms with Gasteiger partial charge in [-0.15, -0.1) is 0 Å². The van der Waals surface area contributed by atoms with E-state index in [4.69, 9.17) is 0 Å². The van der Waals surface area contributed by atoms with E-state index in [0.717, 1.165) is 45.0 Å². The summed E-state index contributed by atoms with van der Waals surface area (Å²) in [4.78, 5) is 19.4. The van der Waals surface area contributed by atoms with Gasteiger partial charge in [-0.3, -0.25) is 9.69 Å². The lowest BCUT2D eigenvalue weighted by atomic mass is 10.1. The highest BCUT2D eigenvalue weighted by molar-refractivity contribution is 5.81. The van der Waals surface area contributed by atoms with Crippen molar-refractivity contribution in [3.8, 4) is 0 Å². The van der Waals surface area contributed by atoms with Gasteiger partial charge in [0.05, 0.1) is 6.54 Å². The Morgan fingerprint density at radius 2 is 1.54 bits per heavy atom. The van der Waals surface area contributed by atoms with Gasteiger partial charge in [0.2, 0.25) is 5.91 Å². The Hall–Kier alpha value is -2.37. The van der Waals surface area contributed by atoms with Crippen molar-refractivity contribution in [1.82, 2.24) is 15.1 Å².